The van der Waals surface area contributed by atoms with Gasteiger partial charge in [-0.25, -0.2) is 0 Å². The van der Waals surface area contributed by atoms with E-state index in [1.807, 2.05) is 23.9 Å². The Bertz CT molecular complexity index is 263. The monoisotopic (exact) mass is 245 g/mol. The Morgan fingerprint density at radius 1 is 1.50 bits per heavy atom. The standard InChI is InChI=1S/C9H12BrNS/c1-2-12-6-7-3-4-8(10)9(11)5-7/h3-5H,2,6,11H2,1H3. The molecule has 0 unspecified atom stereocenters. The fraction of sp³-hybridized carbons (Fsp3) is 0.333. The Morgan fingerprint density at radius 2 is 2.25 bits per heavy atom. The van der Waals surface area contributed by atoms with Crippen LogP contribution in [0.5, 0.6) is 0 Å². The third-order valence-electron chi connectivity index (χ3n) is 1.53. The predicted octanol–water partition coefficient (Wildman–Crippen LogP) is 3.28. The van der Waals surface area contributed by atoms with Crippen LogP contribution in [0.3, 0.4) is 0 Å². The lowest BCUT2D eigenvalue weighted by molar-refractivity contribution is 1.39. The molecule has 0 heterocycles. The third kappa shape index (κ3) is 2.72. The zero-order valence-electron chi connectivity index (χ0n) is 7.01. The van der Waals surface area contributed by atoms with Crippen LogP contribution in [0.15, 0.2) is 22.7 Å². The van der Waals surface area contributed by atoms with Gasteiger partial charge in [0.2, 0.25) is 0 Å². The highest BCUT2D eigenvalue weighted by Gasteiger charge is 1.96. The molecule has 2 N–H and O–H groups in total. The van der Waals surface area contributed by atoms with Crippen LogP contribution in [-0.2, 0) is 5.75 Å². The minimum atomic E-state index is 0.823. The Balaban J connectivity index is 2.69. The second kappa shape index (κ2) is 4.77. The normalized spacial score (nSPS) is 10.2. The summed E-state index contributed by atoms with van der Waals surface area (Å²) in [6.07, 6.45) is 0. The summed E-state index contributed by atoms with van der Waals surface area (Å²) in [5.41, 5.74) is 7.85. The van der Waals surface area contributed by atoms with E-state index in [1.54, 1.807) is 0 Å². The van der Waals surface area contributed by atoms with E-state index in [4.69, 9.17) is 5.73 Å². The summed E-state index contributed by atoms with van der Waals surface area (Å²) in [6, 6.07) is 6.12. The molecule has 0 fully saturated rings. The van der Waals surface area contributed by atoms with E-state index in [9.17, 15) is 0 Å². The van der Waals surface area contributed by atoms with E-state index in [0.717, 1.165) is 21.7 Å². The fourth-order valence-electron chi connectivity index (χ4n) is 0.903. The predicted molar refractivity (Wildman–Crippen MR) is 60.4 cm³/mol. The van der Waals surface area contributed by atoms with Crippen molar-refractivity contribution in [2.45, 2.75) is 12.7 Å². The molecule has 0 amide bonds. The van der Waals surface area contributed by atoms with Crippen molar-refractivity contribution in [1.82, 2.24) is 0 Å². The summed E-state index contributed by atoms with van der Waals surface area (Å²) in [4.78, 5) is 0. The molecule has 1 aromatic carbocycles. The van der Waals surface area contributed by atoms with E-state index in [-0.39, 0.29) is 0 Å². The van der Waals surface area contributed by atoms with Gasteiger partial charge in [-0.1, -0.05) is 13.0 Å². The van der Waals surface area contributed by atoms with Crippen molar-refractivity contribution in [3.05, 3.63) is 28.2 Å². The first kappa shape index (κ1) is 9.93. The Morgan fingerprint density at radius 3 is 2.83 bits per heavy atom. The molecule has 1 rings (SSSR count). The van der Waals surface area contributed by atoms with Crippen molar-refractivity contribution < 1.29 is 0 Å². The molecule has 0 saturated carbocycles. The van der Waals surface area contributed by atoms with Gasteiger partial charge in [0.15, 0.2) is 0 Å². The van der Waals surface area contributed by atoms with Crippen molar-refractivity contribution in [2.24, 2.45) is 0 Å². The number of benzene rings is 1. The maximum Gasteiger partial charge on any atom is 0.0461 e. The molecule has 12 heavy (non-hydrogen) atoms. The molecule has 0 radical (unpaired) electrons. The van der Waals surface area contributed by atoms with Gasteiger partial charge in [-0.3, -0.25) is 0 Å². The molecule has 0 atom stereocenters. The Hall–Kier alpha value is -0.150. The van der Waals surface area contributed by atoms with Crippen molar-refractivity contribution in [3.8, 4) is 0 Å². The maximum absolute atomic E-state index is 5.74. The Kier molecular flexibility index (Phi) is 3.95. The maximum atomic E-state index is 5.74. The summed E-state index contributed by atoms with van der Waals surface area (Å²) < 4.78 is 0.979. The second-order valence-electron chi connectivity index (χ2n) is 2.49. The van der Waals surface area contributed by atoms with Crippen LogP contribution in [0.2, 0.25) is 0 Å². The first-order chi connectivity index (χ1) is 5.74. The van der Waals surface area contributed by atoms with Crippen LogP contribution in [0, 0.1) is 0 Å². The molecule has 0 spiro atoms. The number of anilines is 1. The zero-order valence-corrected chi connectivity index (χ0v) is 9.41. The summed E-state index contributed by atoms with van der Waals surface area (Å²) in [6.45, 7) is 2.16. The molecule has 3 heteroatoms. The van der Waals surface area contributed by atoms with Crippen LogP contribution in [-0.4, -0.2) is 5.75 Å². The second-order valence-corrected chi connectivity index (χ2v) is 4.62. The fourth-order valence-corrected chi connectivity index (χ4v) is 1.77. The van der Waals surface area contributed by atoms with Crippen LogP contribution in [0.4, 0.5) is 5.69 Å². The molecule has 1 nitrogen and oxygen atoms in total. The molecular weight excluding hydrogens is 234 g/mol. The average Bonchev–Trinajstić information content (AvgIpc) is 2.07. The van der Waals surface area contributed by atoms with Gasteiger partial charge in [-0.05, 0) is 39.4 Å². The smallest absolute Gasteiger partial charge is 0.0461 e. The molecule has 0 aliphatic heterocycles. The lowest BCUT2D eigenvalue weighted by atomic mass is 10.2. The molecule has 0 aromatic heterocycles. The van der Waals surface area contributed by atoms with Crippen molar-refractivity contribution >= 4 is 33.4 Å². The topological polar surface area (TPSA) is 26.0 Å². The minimum absolute atomic E-state index is 0.823. The number of nitrogens with two attached hydrogens (primary N) is 1. The van der Waals surface area contributed by atoms with Gasteiger partial charge >= 0.3 is 0 Å². The van der Waals surface area contributed by atoms with Gasteiger partial charge in [0.05, 0.1) is 0 Å². The lowest BCUT2D eigenvalue weighted by Crippen LogP contribution is -1.89. The van der Waals surface area contributed by atoms with Gasteiger partial charge < -0.3 is 5.73 Å². The quantitative estimate of drug-likeness (QED) is 0.828. The molecular formula is C9H12BrNS. The molecule has 0 bridgehead atoms. The van der Waals surface area contributed by atoms with Crippen LogP contribution in [0.25, 0.3) is 0 Å². The van der Waals surface area contributed by atoms with E-state index in [2.05, 4.69) is 28.9 Å². The highest BCUT2D eigenvalue weighted by Crippen LogP contribution is 2.22. The third-order valence-corrected chi connectivity index (χ3v) is 3.20. The highest BCUT2D eigenvalue weighted by atomic mass is 79.9. The first-order valence-corrected chi connectivity index (χ1v) is 5.80. The zero-order chi connectivity index (χ0) is 8.97. The SMILES string of the molecule is CCSCc1ccc(Br)c(N)c1. The molecule has 0 aliphatic carbocycles. The van der Waals surface area contributed by atoms with Crippen molar-refractivity contribution in [2.75, 3.05) is 11.5 Å². The molecule has 66 valence electrons. The largest absolute Gasteiger partial charge is 0.398 e. The van der Waals surface area contributed by atoms with E-state index in [0.29, 0.717) is 0 Å². The van der Waals surface area contributed by atoms with Crippen molar-refractivity contribution in [3.63, 3.8) is 0 Å². The minimum Gasteiger partial charge on any atom is -0.398 e. The lowest BCUT2D eigenvalue weighted by Gasteiger charge is -2.02. The van der Waals surface area contributed by atoms with Gasteiger partial charge in [0.1, 0.15) is 0 Å². The van der Waals surface area contributed by atoms with Crippen LogP contribution < -0.4 is 5.73 Å². The summed E-state index contributed by atoms with van der Waals surface area (Å²) in [5.74, 6) is 2.20. The van der Waals surface area contributed by atoms with Crippen molar-refractivity contribution in [1.29, 1.82) is 0 Å². The number of thioether (sulfide) groups is 1. The number of rotatable bonds is 3. The van der Waals surface area contributed by atoms with Gasteiger partial charge in [0, 0.05) is 15.9 Å². The average molecular weight is 246 g/mol. The highest BCUT2D eigenvalue weighted by molar-refractivity contribution is 9.10. The summed E-state index contributed by atoms with van der Waals surface area (Å²) >= 11 is 5.27. The van der Waals surface area contributed by atoms with Gasteiger partial charge in [-0.2, -0.15) is 11.8 Å². The summed E-state index contributed by atoms with van der Waals surface area (Å²) in [5, 5.41) is 0. The van der Waals surface area contributed by atoms with E-state index < -0.39 is 0 Å². The Labute approximate surface area is 85.9 Å². The van der Waals surface area contributed by atoms with E-state index >= 15 is 0 Å². The molecule has 0 saturated heterocycles. The van der Waals surface area contributed by atoms with Gasteiger partial charge in [0.25, 0.3) is 0 Å². The number of hydrogen-bond donors (Lipinski definition) is 1. The number of hydrogen-bond acceptors (Lipinski definition) is 2. The number of halogens is 1. The number of nitrogen functional groups attached to an aromatic ring is 1. The summed E-state index contributed by atoms with van der Waals surface area (Å²) in [7, 11) is 0. The first-order valence-electron chi connectivity index (χ1n) is 3.85. The van der Waals surface area contributed by atoms with E-state index in [1.165, 1.54) is 5.56 Å². The van der Waals surface area contributed by atoms with Crippen LogP contribution in [0.1, 0.15) is 12.5 Å². The van der Waals surface area contributed by atoms with Gasteiger partial charge in [-0.15, -0.1) is 0 Å². The molecule has 0 aliphatic rings. The van der Waals surface area contributed by atoms with Crippen LogP contribution >= 0.6 is 27.7 Å². The molecule has 1 aromatic rings.